The molecular weight excluding hydrogens is 655 g/mol. The fourth-order valence-electron chi connectivity index (χ4n) is 6.03. The lowest BCUT2D eigenvalue weighted by Crippen LogP contribution is -2.38. The SMILES string of the molecule is COc1ccc(C(OC[C@H]2O[C@@H](n3cc(C)c(=O)[nH]c3=O)C[C@@H]2OP2(=O)OC(C)C(C)S2)(c2ccccc2)c2ccc(OC)cc2)cc1. The summed E-state index contributed by atoms with van der Waals surface area (Å²) in [5, 5.41) is -0.0380. The summed E-state index contributed by atoms with van der Waals surface area (Å²) >= 11 is 1.17. The molecule has 3 heterocycles. The van der Waals surface area contributed by atoms with Crippen molar-refractivity contribution < 1.29 is 32.6 Å². The summed E-state index contributed by atoms with van der Waals surface area (Å²) < 4.78 is 51.7. The smallest absolute Gasteiger partial charge is 0.390 e. The fourth-order valence-corrected chi connectivity index (χ4v) is 10.8. The van der Waals surface area contributed by atoms with Gasteiger partial charge in [-0.15, -0.1) is 0 Å². The summed E-state index contributed by atoms with van der Waals surface area (Å²) in [4.78, 5) is 27.4. The maximum absolute atomic E-state index is 13.8. The van der Waals surface area contributed by atoms with Crippen LogP contribution >= 0.6 is 18.2 Å². The van der Waals surface area contributed by atoms with Gasteiger partial charge < -0.3 is 18.9 Å². The lowest BCUT2D eigenvalue weighted by Gasteiger charge is -2.37. The maximum atomic E-state index is 13.8. The Morgan fingerprint density at radius 2 is 1.50 bits per heavy atom. The summed E-state index contributed by atoms with van der Waals surface area (Å²) in [7, 11) is 3.23. The molecule has 2 aliphatic rings. The number of aromatic amines is 1. The third kappa shape index (κ3) is 6.78. The van der Waals surface area contributed by atoms with Gasteiger partial charge in [0.1, 0.15) is 35.5 Å². The molecule has 3 unspecified atom stereocenters. The molecule has 0 radical (unpaired) electrons. The number of nitrogens with zero attached hydrogens (tertiary/aromatic N) is 1. The summed E-state index contributed by atoms with van der Waals surface area (Å²) in [5.41, 5.74) is 0.604. The van der Waals surface area contributed by atoms with Gasteiger partial charge in [0, 0.05) is 23.4 Å². The number of methoxy groups -OCH3 is 2. The predicted octanol–water partition coefficient (Wildman–Crippen LogP) is 6.19. The number of aromatic nitrogens is 2. The molecule has 48 heavy (non-hydrogen) atoms. The van der Waals surface area contributed by atoms with Crippen LogP contribution in [0, 0.1) is 6.92 Å². The quantitative estimate of drug-likeness (QED) is 0.143. The first-order valence-corrected chi connectivity index (χ1v) is 18.7. The van der Waals surface area contributed by atoms with Gasteiger partial charge in [-0.25, -0.2) is 9.36 Å². The molecule has 254 valence electrons. The Morgan fingerprint density at radius 3 is 2.04 bits per heavy atom. The zero-order valence-corrected chi connectivity index (χ0v) is 29.1. The van der Waals surface area contributed by atoms with Crippen molar-refractivity contribution in [3.8, 4) is 11.5 Å². The average molecular weight is 695 g/mol. The standard InChI is InChI=1S/C35H39N2O9PS/c1-22-20-37(34(39)36-33(22)38)32-19-30(46-47(40)45-23(2)24(3)48-47)31(44-32)21-43-35(25-9-7-6-8-10-25,26-11-15-28(41-4)16-12-26)27-13-17-29(42-5)18-14-27/h6-18,20,23-24,30-32H,19,21H2,1-5H3,(H,36,38,39)/t23?,24?,30-,31+,32+,47?/m0/s1. The Balaban J connectivity index is 1.42. The van der Waals surface area contributed by atoms with Crippen LogP contribution in [0.3, 0.4) is 0 Å². The first-order valence-electron chi connectivity index (χ1n) is 15.7. The molecule has 4 aromatic rings. The second kappa shape index (κ2) is 14.1. The maximum Gasteiger partial charge on any atom is 0.390 e. The molecule has 3 aromatic carbocycles. The van der Waals surface area contributed by atoms with Crippen LogP contribution in [0.4, 0.5) is 0 Å². The molecule has 1 aromatic heterocycles. The zero-order chi connectivity index (χ0) is 34.1. The van der Waals surface area contributed by atoms with Crippen LogP contribution in [0.5, 0.6) is 11.5 Å². The molecule has 11 nitrogen and oxygen atoms in total. The van der Waals surface area contributed by atoms with E-state index in [1.165, 1.54) is 22.1 Å². The van der Waals surface area contributed by atoms with Crippen LogP contribution in [-0.2, 0) is 28.7 Å². The summed E-state index contributed by atoms with van der Waals surface area (Å²) in [6, 6.07) is 25.1. The Hall–Kier alpha value is -3.64. The summed E-state index contributed by atoms with van der Waals surface area (Å²) in [5.74, 6) is 1.38. The molecule has 0 aliphatic carbocycles. The first-order chi connectivity index (χ1) is 23.0. The van der Waals surface area contributed by atoms with Crippen LogP contribution < -0.4 is 20.7 Å². The largest absolute Gasteiger partial charge is 0.497 e. The fraction of sp³-hybridized carbons (Fsp3) is 0.371. The molecule has 2 fully saturated rings. The van der Waals surface area contributed by atoms with E-state index in [0.717, 1.165) is 16.7 Å². The lowest BCUT2D eigenvalue weighted by molar-refractivity contribution is -0.0923. The minimum Gasteiger partial charge on any atom is -0.497 e. The number of H-pyrrole nitrogens is 1. The second-order valence-corrected chi connectivity index (χ2v) is 16.1. The normalized spacial score (nSPS) is 25.6. The van der Waals surface area contributed by atoms with E-state index in [0.29, 0.717) is 17.1 Å². The van der Waals surface area contributed by atoms with Crippen LogP contribution in [-0.4, -0.2) is 53.9 Å². The molecule has 6 atom stereocenters. The van der Waals surface area contributed by atoms with E-state index in [9.17, 15) is 14.2 Å². The number of hydrogen-bond acceptors (Lipinski definition) is 10. The van der Waals surface area contributed by atoms with Crippen LogP contribution in [0.2, 0.25) is 0 Å². The van der Waals surface area contributed by atoms with Gasteiger partial charge >= 0.3 is 12.5 Å². The number of ether oxygens (including phenoxy) is 4. The Morgan fingerprint density at radius 1 is 0.917 bits per heavy atom. The molecular formula is C35H39N2O9PS. The molecule has 2 saturated heterocycles. The molecule has 13 heteroatoms. The minimum atomic E-state index is -3.56. The number of benzene rings is 3. The van der Waals surface area contributed by atoms with Crippen molar-refractivity contribution in [2.45, 2.75) is 62.6 Å². The third-order valence-corrected chi connectivity index (χ3v) is 13.2. The highest BCUT2D eigenvalue weighted by atomic mass is 32.7. The number of aryl methyl sites for hydroxylation is 1. The van der Waals surface area contributed by atoms with E-state index in [1.54, 1.807) is 21.1 Å². The van der Waals surface area contributed by atoms with Gasteiger partial charge in [0.2, 0.25) is 0 Å². The Kier molecular flexibility index (Phi) is 10.0. The molecule has 0 saturated carbocycles. The third-order valence-electron chi connectivity index (χ3n) is 8.79. The lowest BCUT2D eigenvalue weighted by atomic mass is 9.80. The van der Waals surface area contributed by atoms with E-state index in [1.807, 2.05) is 92.7 Å². The molecule has 2 aliphatic heterocycles. The molecule has 0 amide bonds. The van der Waals surface area contributed by atoms with Crippen molar-refractivity contribution in [2.24, 2.45) is 0 Å². The number of rotatable bonds is 11. The summed E-state index contributed by atoms with van der Waals surface area (Å²) in [6.07, 6.45) is -1.02. The van der Waals surface area contributed by atoms with E-state index < -0.39 is 42.1 Å². The van der Waals surface area contributed by atoms with Gasteiger partial charge in [0.15, 0.2) is 0 Å². The van der Waals surface area contributed by atoms with Crippen molar-refractivity contribution in [3.63, 3.8) is 0 Å². The van der Waals surface area contributed by atoms with Gasteiger partial charge in [0.05, 0.1) is 26.9 Å². The van der Waals surface area contributed by atoms with Gasteiger partial charge in [-0.05, 0) is 66.2 Å². The highest BCUT2D eigenvalue weighted by Gasteiger charge is 2.49. The first kappa shape index (κ1) is 34.2. The topological polar surface area (TPSA) is 127 Å². The monoisotopic (exact) mass is 694 g/mol. The van der Waals surface area contributed by atoms with Gasteiger partial charge in [-0.1, -0.05) is 61.5 Å². The summed E-state index contributed by atoms with van der Waals surface area (Å²) in [6.45, 7) is 1.81. The molecule has 0 bridgehead atoms. The highest BCUT2D eigenvalue weighted by molar-refractivity contribution is 8.55. The molecule has 6 rings (SSSR count). The molecule has 1 N–H and O–H groups in total. The minimum absolute atomic E-state index is 0.0268. The number of nitrogens with one attached hydrogen (secondary N) is 1. The van der Waals surface area contributed by atoms with Gasteiger partial charge in [-0.3, -0.25) is 23.4 Å². The van der Waals surface area contributed by atoms with Crippen molar-refractivity contribution >= 4 is 18.2 Å². The van der Waals surface area contributed by atoms with Gasteiger partial charge in [0.25, 0.3) is 5.56 Å². The van der Waals surface area contributed by atoms with E-state index >= 15 is 0 Å². The van der Waals surface area contributed by atoms with Crippen molar-refractivity contribution in [1.29, 1.82) is 0 Å². The Labute approximate surface area is 282 Å². The van der Waals surface area contributed by atoms with Crippen molar-refractivity contribution in [3.05, 3.63) is 128 Å². The van der Waals surface area contributed by atoms with E-state index in [-0.39, 0.29) is 24.4 Å². The zero-order valence-electron chi connectivity index (χ0n) is 27.4. The molecule has 0 spiro atoms. The predicted molar refractivity (Wildman–Crippen MR) is 183 cm³/mol. The van der Waals surface area contributed by atoms with Crippen LogP contribution in [0.1, 0.15) is 48.8 Å². The average Bonchev–Trinajstić information content (AvgIpc) is 3.60. The second-order valence-electron chi connectivity index (χ2n) is 11.9. The van der Waals surface area contributed by atoms with Crippen LogP contribution in [0.15, 0.2) is 94.6 Å². The van der Waals surface area contributed by atoms with Crippen molar-refractivity contribution in [2.75, 3.05) is 20.8 Å². The van der Waals surface area contributed by atoms with Crippen molar-refractivity contribution in [1.82, 2.24) is 9.55 Å². The van der Waals surface area contributed by atoms with Crippen LogP contribution in [0.25, 0.3) is 0 Å². The van der Waals surface area contributed by atoms with Gasteiger partial charge in [-0.2, -0.15) is 0 Å². The van der Waals surface area contributed by atoms with E-state index in [4.69, 9.17) is 28.0 Å². The number of hydrogen-bond donors (Lipinski definition) is 1. The Bertz CT molecular complexity index is 1820. The van der Waals surface area contributed by atoms with E-state index in [2.05, 4.69) is 4.98 Å². The highest BCUT2D eigenvalue weighted by Crippen LogP contribution is 2.70.